The predicted octanol–water partition coefficient (Wildman–Crippen LogP) is 3.66. The van der Waals surface area contributed by atoms with Crippen molar-refractivity contribution >= 4 is 54.5 Å². The van der Waals surface area contributed by atoms with Gasteiger partial charge in [-0.3, -0.25) is 4.98 Å². The number of aliphatic hydroxyl groups is 2. The molecule has 0 amide bonds. The number of sulfone groups is 1. The maximum absolute atomic E-state index is 13.1. The van der Waals surface area contributed by atoms with Crippen molar-refractivity contribution < 1.29 is 18.6 Å². The number of nitrogens with zero attached hydrogens (tertiary/aromatic N) is 5. The lowest BCUT2D eigenvalue weighted by molar-refractivity contribution is 0.0216. The van der Waals surface area contributed by atoms with Crippen LogP contribution in [-0.4, -0.2) is 74.1 Å². The first-order chi connectivity index (χ1) is 19.5. The largest absolute Gasteiger partial charge is 0.390 e. The lowest BCUT2D eigenvalue weighted by Gasteiger charge is -2.21. The summed E-state index contributed by atoms with van der Waals surface area (Å²) in [6.45, 7) is 8.20. The molecule has 4 aromatic rings. The molecule has 0 radical (unpaired) electrons. The quantitative estimate of drug-likeness (QED) is 0.217. The standard InChI is InChI=1S/C27H33N7O4S3/c1-12-15(4)39-27(31-12)41(37,38)11-17-9-18(23(36)22(17)35)32-24-20(13(2)30-26(34-24)29-10-16-5-6-16)25-33-21-14(3)28-8-7-19(21)40-25/h7-8,16-18,22-23,35-36H,5-6,9-11H2,1-4H3,(H2,29,30,32,34)/t17-,18-,22-,23+/m1/s1. The van der Waals surface area contributed by atoms with Crippen LogP contribution in [0.4, 0.5) is 11.8 Å². The van der Waals surface area contributed by atoms with Gasteiger partial charge >= 0.3 is 0 Å². The lowest BCUT2D eigenvalue weighted by Crippen LogP contribution is -2.36. The zero-order valence-corrected chi connectivity index (χ0v) is 25.7. The number of thiazole rings is 2. The average Bonchev–Trinajstić information content (AvgIpc) is 3.47. The van der Waals surface area contributed by atoms with Crippen LogP contribution in [0.3, 0.4) is 0 Å². The summed E-state index contributed by atoms with van der Waals surface area (Å²) in [4.78, 5) is 23.8. The summed E-state index contributed by atoms with van der Waals surface area (Å²) in [5, 5.41) is 29.3. The van der Waals surface area contributed by atoms with Crippen molar-refractivity contribution in [1.29, 1.82) is 0 Å². The molecule has 2 aliphatic carbocycles. The highest BCUT2D eigenvalue weighted by molar-refractivity contribution is 7.93. The summed E-state index contributed by atoms with van der Waals surface area (Å²) in [7, 11) is -3.73. The number of anilines is 2. The highest BCUT2D eigenvalue weighted by atomic mass is 32.2. The van der Waals surface area contributed by atoms with Crippen molar-refractivity contribution in [3.8, 4) is 10.6 Å². The molecule has 0 bridgehead atoms. The number of rotatable bonds is 9. The Morgan fingerprint density at radius 1 is 0.976 bits per heavy atom. The molecule has 218 valence electrons. The Bertz CT molecular complexity index is 1700. The normalized spacial score (nSPS) is 22.9. The molecule has 0 saturated heterocycles. The van der Waals surface area contributed by atoms with E-state index in [2.05, 4.69) is 20.6 Å². The van der Waals surface area contributed by atoms with Gasteiger partial charge in [0, 0.05) is 23.5 Å². The summed E-state index contributed by atoms with van der Waals surface area (Å²) >= 11 is 2.64. The Balaban J connectivity index is 1.31. The van der Waals surface area contributed by atoms with Crippen LogP contribution in [-0.2, 0) is 9.84 Å². The summed E-state index contributed by atoms with van der Waals surface area (Å²) in [5.41, 5.74) is 3.73. The third-order valence-corrected chi connectivity index (χ3v) is 12.3. The second-order valence-electron chi connectivity index (χ2n) is 11.1. The first kappa shape index (κ1) is 28.3. The second kappa shape index (κ2) is 10.8. The van der Waals surface area contributed by atoms with Crippen LogP contribution in [0.25, 0.3) is 20.8 Å². The third kappa shape index (κ3) is 5.67. The minimum absolute atomic E-state index is 0.0475. The fraction of sp³-hybridized carbons (Fsp3) is 0.519. The molecule has 4 N–H and O–H groups in total. The molecule has 2 saturated carbocycles. The minimum Gasteiger partial charge on any atom is -0.390 e. The molecule has 0 aromatic carbocycles. The highest BCUT2D eigenvalue weighted by Gasteiger charge is 2.44. The number of pyridine rings is 1. The molecule has 4 atom stereocenters. The topological polar surface area (TPSA) is 163 Å². The maximum Gasteiger partial charge on any atom is 0.224 e. The summed E-state index contributed by atoms with van der Waals surface area (Å²) in [6.07, 6.45) is 1.95. The number of hydrogen-bond acceptors (Lipinski definition) is 13. The number of aliphatic hydroxyl groups excluding tert-OH is 2. The van der Waals surface area contributed by atoms with Crippen molar-refractivity contribution in [3.05, 3.63) is 34.2 Å². The van der Waals surface area contributed by atoms with Crippen LogP contribution in [0.15, 0.2) is 16.6 Å². The summed E-state index contributed by atoms with van der Waals surface area (Å²) in [6, 6.07) is 1.29. The van der Waals surface area contributed by atoms with Crippen LogP contribution >= 0.6 is 22.7 Å². The molecule has 0 unspecified atom stereocenters. The Labute approximate surface area is 246 Å². The van der Waals surface area contributed by atoms with Gasteiger partial charge in [0.1, 0.15) is 22.4 Å². The molecular weight excluding hydrogens is 583 g/mol. The van der Waals surface area contributed by atoms with E-state index in [1.54, 1.807) is 13.1 Å². The molecule has 6 rings (SSSR count). The fourth-order valence-corrected chi connectivity index (χ4v) is 9.35. The SMILES string of the molecule is Cc1nc(S(=O)(=O)C[C@H]2C[C@@H](Nc3nc(NCC4CC4)nc(C)c3-c3nc4c(C)nccc4s3)[C@H](O)[C@@H]2O)sc1C. The molecule has 0 aliphatic heterocycles. The van der Waals surface area contributed by atoms with Crippen LogP contribution < -0.4 is 10.6 Å². The molecule has 0 spiro atoms. The van der Waals surface area contributed by atoms with Gasteiger partial charge in [0.2, 0.25) is 20.1 Å². The lowest BCUT2D eigenvalue weighted by atomic mass is 10.1. The van der Waals surface area contributed by atoms with E-state index in [-0.39, 0.29) is 16.5 Å². The minimum atomic E-state index is -3.73. The molecule has 4 heterocycles. The van der Waals surface area contributed by atoms with Crippen molar-refractivity contribution in [2.75, 3.05) is 22.9 Å². The predicted molar refractivity (Wildman–Crippen MR) is 160 cm³/mol. The number of nitrogens with one attached hydrogen (secondary N) is 2. The van der Waals surface area contributed by atoms with Crippen LogP contribution in [0.1, 0.15) is 41.2 Å². The Morgan fingerprint density at radius 3 is 2.44 bits per heavy atom. The zero-order chi connectivity index (χ0) is 29.1. The van der Waals surface area contributed by atoms with Gasteiger partial charge < -0.3 is 20.8 Å². The van der Waals surface area contributed by atoms with Gasteiger partial charge in [-0.05, 0) is 58.9 Å². The van der Waals surface area contributed by atoms with E-state index in [0.717, 1.165) is 38.7 Å². The van der Waals surface area contributed by atoms with Gasteiger partial charge in [-0.25, -0.2) is 23.4 Å². The van der Waals surface area contributed by atoms with Gasteiger partial charge in [0.25, 0.3) is 0 Å². The number of hydrogen-bond donors (Lipinski definition) is 4. The van der Waals surface area contributed by atoms with E-state index < -0.39 is 34.0 Å². The average molecular weight is 616 g/mol. The summed E-state index contributed by atoms with van der Waals surface area (Å²) in [5.74, 6) is 0.596. The number of fused-ring (bicyclic) bond motifs is 1. The zero-order valence-electron chi connectivity index (χ0n) is 23.2. The smallest absolute Gasteiger partial charge is 0.224 e. The van der Waals surface area contributed by atoms with Gasteiger partial charge in [0.05, 0.1) is 45.2 Å². The van der Waals surface area contributed by atoms with E-state index >= 15 is 0 Å². The van der Waals surface area contributed by atoms with Gasteiger partial charge in [-0.15, -0.1) is 22.7 Å². The first-order valence-corrected chi connectivity index (χ1v) is 16.9. The van der Waals surface area contributed by atoms with E-state index in [4.69, 9.17) is 15.0 Å². The van der Waals surface area contributed by atoms with E-state index in [1.165, 1.54) is 24.2 Å². The van der Waals surface area contributed by atoms with Gasteiger partial charge in [0.15, 0.2) is 0 Å². The van der Waals surface area contributed by atoms with Crippen molar-refractivity contribution in [1.82, 2.24) is 24.9 Å². The van der Waals surface area contributed by atoms with Gasteiger partial charge in [-0.1, -0.05) is 0 Å². The molecular formula is C27H33N7O4S3. The first-order valence-electron chi connectivity index (χ1n) is 13.6. The Hall–Kier alpha value is -2.78. The Morgan fingerprint density at radius 2 is 1.76 bits per heavy atom. The summed E-state index contributed by atoms with van der Waals surface area (Å²) < 4.78 is 27.3. The molecule has 14 heteroatoms. The van der Waals surface area contributed by atoms with E-state index in [0.29, 0.717) is 39.6 Å². The fourth-order valence-electron chi connectivity index (χ4n) is 5.20. The molecule has 4 aromatic heterocycles. The van der Waals surface area contributed by atoms with Crippen LogP contribution in [0.5, 0.6) is 0 Å². The Kier molecular flexibility index (Phi) is 7.47. The molecule has 41 heavy (non-hydrogen) atoms. The molecule has 2 aliphatic rings. The van der Waals surface area contributed by atoms with Crippen molar-refractivity contribution in [3.63, 3.8) is 0 Å². The maximum atomic E-state index is 13.1. The highest BCUT2D eigenvalue weighted by Crippen LogP contribution is 2.39. The van der Waals surface area contributed by atoms with Crippen molar-refractivity contribution in [2.24, 2.45) is 11.8 Å². The number of aromatic nitrogens is 5. The molecule has 2 fully saturated rings. The molecule has 11 nitrogen and oxygen atoms in total. The van der Waals surface area contributed by atoms with Crippen molar-refractivity contribution in [2.45, 2.75) is 69.5 Å². The monoisotopic (exact) mass is 615 g/mol. The second-order valence-corrected chi connectivity index (χ2v) is 15.5. The van der Waals surface area contributed by atoms with Crippen LogP contribution in [0.2, 0.25) is 0 Å². The van der Waals surface area contributed by atoms with E-state index in [9.17, 15) is 18.6 Å². The number of aryl methyl sites for hydroxylation is 4. The third-order valence-electron chi connectivity index (χ3n) is 7.87. The van der Waals surface area contributed by atoms with Gasteiger partial charge in [-0.2, -0.15) is 4.98 Å². The van der Waals surface area contributed by atoms with Crippen LogP contribution in [0, 0.1) is 39.5 Å². The van der Waals surface area contributed by atoms with E-state index in [1.807, 2.05) is 26.8 Å².